The molecule has 0 atom stereocenters. The van der Waals surface area contributed by atoms with Crippen LogP contribution in [-0.2, 0) is 11.4 Å². The summed E-state index contributed by atoms with van der Waals surface area (Å²) in [5, 5.41) is 3.64. The number of hydrogen-bond donors (Lipinski definition) is 0. The second-order valence-electron chi connectivity index (χ2n) is 6.60. The Morgan fingerprint density at radius 3 is 2.12 bits per heavy atom. The van der Waals surface area contributed by atoms with Gasteiger partial charge < -0.3 is 14.3 Å². The number of hydrogen-bond acceptors (Lipinski definition) is 4. The molecule has 0 N–H and O–H groups in total. The third kappa shape index (κ3) is 8.28. The first kappa shape index (κ1) is 26.5. The first-order valence-corrected chi connectivity index (χ1v) is 10.6. The molecule has 174 valence electrons. The number of ether oxygens (including phenoxy) is 2. The molecule has 0 amide bonds. The highest BCUT2D eigenvalue weighted by atomic mass is 35.5. The molecular formula is C21H18Cl4F3NO3. The lowest BCUT2D eigenvalue weighted by Crippen LogP contribution is -2.25. The third-order valence-corrected chi connectivity index (χ3v) is 4.56. The summed E-state index contributed by atoms with van der Waals surface area (Å²) in [6, 6.07) is 8.53. The Morgan fingerprint density at radius 1 is 1.03 bits per heavy atom. The van der Waals surface area contributed by atoms with Crippen molar-refractivity contribution in [2.24, 2.45) is 5.16 Å². The van der Waals surface area contributed by atoms with Crippen LogP contribution < -0.4 is 9.47 Å². The minimum atomic E-state index is -4.66. The van der Waals surface area contributed by atoms with Gasteiger partial charge >= 0.3 is 6.18 Å². The van der Waals surface area contributed by atoms with Crippen molar-refractivity contribution in [1.29, 1.82) is 0 Å². The van der Waals surface area contributed by atoms with Crippen molar-refractivity contribution in [3.8, 4) is 11.5 Å². The molecule has 0 saturated heterocycles. The molecule has 0 spiro atoms. The van der Waals surface area contributed by atoms with Crippen molar-refractivity contribution in [2.75, 3.05) is 6.61 Å². The smallest absolute Gasteiger partial charge is 0.437 e. The van der Waals surface area contributed by atoms with Gasteiger partial charge in [-0.15, -0.1) is 0 Å². The lowest BCUT2D eigenvalue weighted by Gasteiger charge is -2.14. The van der Waals surface area contributed by atoms with E-state index in [0.717, 1.165) is 0 Å². The monoisotopic (exact) mass is 529 g/mol. The molecule has 0 bridgehead atoms. The van der Waals surface area contributed by atoms with E-state index in [1.54, 1.807) is 13.8 Å². The Bertz CT molecular complexity index is 950. The summed E-state index contributed by atoms with van der Waals surface area (Å²) >= 11 is 23.4. The van der Waals surface area contributed by atoms with Gasteiger partial charge in [-0.25, -0.2) is 0 Å². The first-order valence-electron chi connectivity index (χ1n) is 9.13. The lowest BCUT2D eigenvalue weighted by atomic mass is 10.1. The van der Waals surface area contributed by atoms with E-state index in [0.29, 0.717) is 11.3 Å². The molecule has 0 aliphatic carbocycles. The van der Waals surface area contributed by atoms with Gasteiger partial charge in [-0.2, -0.15) is 13.2 Å². The highest BCUT2D eigenvalue weighted by Crippen LogP contribution is 2.37. The van der Waals surface area contributed by atoms with E-state index in [1.165, 1.54) is 42.5 Å². The average Bonchev–Trinajstić information content (AvgIpc) is 2.67. The van der Waals surface area contributed by atoms with Crippen molar-refractivity contribution in [3.63, 3.8) is 0 Å². The quantitative estimate of drug-likeness (QED) is 0.244. The maximum atomic E-state index is 13.3. The molecule has 2 rings (SSSR count). The standard InChI is InChI=1S/C21H18Cl4F3NO3/c1-12(2)32-29-20(21(26,27)28)14-5-3-13(4-6-14)11-31-19-16(22)9-15(10-17(19)23)30-8-7-18(24)25/h3-7,9-10,12H,8,11H2,1-2H3. The van der Waals surface area contributed by atoms with Crippen LogP contribution in [0.5, 0.6) is 11.5 Å². The van der Waals surface area contributed by atoms with Crippen molar-refractivity contribution >= 4 is 52.1 Å². The molecule has 2 aromatic rings. The SMILES string of the molecule is CC(C)ON=C(c1ccc(COc2c(Cl)cc(OCC=C(Cl)Cl)cc2Cl)cc1)C(F)(F)F. The molecular weight excluding hydrogens is 513 g/mol. The van der Waals surface area contributed by atoms with E-state index < -0.39 is 18.0 Å². The Hall–Kier alpha value is -1.80. The van der Waals surface area contributed by atoms with Crippen LogP contribution in [0.25, 0.3) is 0 Å². The lowest BCUT2D eigenvalue weighted by molar-refractivity contribution is -0.0626. The first-order chi connectivity index (χ1) is 15.0. The highest BCUT2D eigenvalue weighted by molar-refractivity contribution is 6.55. The highest BCUT2D eigenvalue weighted by Gasteiger charge is 2.38. The predicted molar refractivity (Wildman–Crippen MR) is 121 cm³/mol. The summed E-state index contributed by atoms with van der Waals surface area (Å²) in [6.45, 7) is 3.30. The number of rotatable bonds is 9. The number of halogens is 7. The van der Waals surface area contributed by atoms with Gasteiger partial charge in [-0.3, -0.25) is 0 Å². The van der Waals surface area contributed by atoms with E-state index in [2.05, 4.69) is 5.16 Å². The van der Waals surface area contributed by atoms with Gasteiger partial charge in [0, 0.05) is 17.7 Å². The average molecular weight is 531 g/mol. The fourth-order valence-corrected chi connectivity index (χ4v) is 3.00. The minimum absolute atomic E-state index is 0.0194. The molecule has 11 heteroatoms. The summed E-state index contributed by atoms with van der Waals surface area (Å²) in [4.78, 5) is 4.78. The number of alkyl halides is 3. The molecule has 0 fully saturated rings. The van der Waals surface area contributed by atoms with Crippen molar-refractivity contribution in [3.05, 3.63) is 68.1 Å². The summed E-state index contributed by atoms with van der Waals surface area (Å²) in [5.41, 5.74) is -0.661. The molecule has 0 saturated carbocycles. The van der Waals surface area contributed by atoms with E-state index in [1.807, 2.05) is 0 Å². The molecule has 0 unspecified atom stereocenters. The zero-order chi connectivity index (χ0) is 23.9. The predicted octanol–water partition coefficient (Wildman–Crippen LogP) is 7.96. The number of nitrogens with zero attached hydrogens (tertiary/aromatic N) is 1. The van der Waals surface area contributed by atoms with Gasteiger partial charge in [0.15, 0.2) is 11.5 Å². The van der Waals surface area contributed by atoms with Crippen LogP contribution in [0.15, 0.2) is 52.1 Å². The molecule has 0 aliphatic rings. The molecule has 0 aliphatic heterocycles. The van der Waals surface area contributed by atoms with Crippen LogP contribution in [0.3, 0.4) is 0 Å². The molecule has 0 heterocycles. The molecule has 0 aromatic heterocycles. The Morgan fingerprint density at radius 2 is 1.62 bits per heavy atom. The van der Waals surface area contributed by atoms with Crippen molar-refractivity contribution in [1.82, 2.24) is 0 Å². The maximum absolute atomic E-state index is 13.3. The molecule has 4 nitrogen and oxygen atoms in total. The fraction of sp³-hybridized carbons (Fsp3) is 0.286. The Balaban J connectivity index is 2.10. The molecule has 2 aromatic carbocycles. The normalized spacial score (nSPS) is 12.0. The second-order valence-corrected chi connectivity index (χ2v) is 8.42. The largest absolute Gasteiger partial charge is 0.489 e. The summed E-state index contributed by atoms with van der Waals surface area (Å²) < 4.78 is 50.9. The van der Waals surface area contributed by atoms with Crippen LogP contribution in [0.1, 0.15) is 25.0 Å². The summed E-state index contributed by atoms with van der Waals surface area (Å²) in [5.74, 6) is 0.587. The van der Waals surface area contributed by atoms with Crippen molar-refractivity contribution < 1.29 is 27.5 Å². The fourth-order valence-electron chi connectivity index (χ4n) is 2.30. The Labute approximate surface area is 203 Å². The van der Waals surface area contributed by atoms with Crippen LogP contribution in [0.4, 0.5) is 13.2 Å². The third-order valence-electron chi connectivity index (χ3n) is 3.69. The van der Waals surface area contributed by atoms with Gasteiger partial charge in [0.05, 0.1) is 10.0 Å². The zero-order valence-electron chi connectivity index (χ0n) is 16.9. The van der Waals surface area contributed by atoms with E-state index in [-0.39, 0.29) is 39.1 Å². The van der Waals surface area contributed by atoms with Gasteiger partial charge in [-0.05, 0) is 25.5 Å². The van der Waals surface area contributed by atoms with E-state index in [9.17, 15) is 13.2 Å². The van der Waals surface area contributed by atoms with Crippen molar-refractivity contribution in [2.45, 2.75) is 32.7 Å². The minimum Gasteiger partial charge on any atom is -0.489 e. The second kappa shape index (κ2) is 11.9. The summed E-state index contributed by atoms with van der Waals surface area (Å²) in [6.07, 6.45) is -3.70. The van der Waals surface area contributed by atoms with Crippen LogP contribution >= 0.6 is 46.4 Å². The van der Waals surface area contributed by atoms with Crippen LogP contribution in [-0.4, -0.2) is 24.6 Å². The zero-order valence-corrected chi connectivity index (χ0v) is 19.9. The topological polar surface area (TPSA) is 40.0 Å². The molecule has 32 heavy (non-hydrogen) atoms. The van der Waals surface area contributed by atoms with Crippen LogP contribution in [0, 0.1) is 0 Å². The maximum Gasteiger partial charge on any atom is 0.437 e. The van der Waals surface area contributed by atoms with Gasteiger partial charge in [0.2, 0.25) is 0 Å². The van der Waals surface area contributed by atoms with Gasteiger partial charge in [-0.1, -0.05) is 75.8 Å². The Kier molecular flexibility index (Phi) is 9.83. The van der Waals surface area contributed by atoms with Gasteiger partial charge in [0.1, 0.15) is 29.6 Å². The van der Waals surface area contributed by atoms with E-state index >= 15 is 0 Å². The molecule has 0 radical (unpaired) electrons. The number of benzene rings is 2. The summed E-state index contributed by atoms with van der Waals surface area (Å²) in [7, 11) is 0. The van der Waals surface area contributed by atoms with Gasteiger partial charge in [0.25, 0.3) is 0 Å². The van der Waals surface area contributed by atoms with Crippen LogP contribution in [0.2, 0.25) is 10.0 Å². The number of oxime groups is 1. The van der Waals surface area contributed by atoms with E-state index in [4.69, 9.17) is 60.7 Å².